The SMILES string of the molecule is CC(C)(C)OC(=O)N1CCN(C(=O)OCc2ccccc2)CC(Cc2cccc(Br)n2)C1. The molecule has 7 nitrogen and oxygen atoms in total. The molecule has 1 fully saturated rings. The summed E-state index contributed by atoms with van der Waals surface area (Å²) < 4.78 is 11.9. The van der Waals surface area contributed by atoms with Crippen molar-refractivity contribution < 1.29 is 19.1 Å². The molecule has 1 unspecified atom stereocenters. The Morgan fingerprint density at radius 2 is 1.66 bits per heavy atom. The van der Waals surface area contributed by atoms with Gasteiger partial charge in [-0.25, -0.2) is 14.6 Å². The molecule has 0 bridgehead atoms. The predicted octanol–water partition coefficient (Wildman–Crippen LogP) is 4.89. The van der Waals surface area contributed by atoms with Crippen LogP contribution < -0.4 is 0 Å². The van der Waals surface area contributed by atoms with Gasteiger partial charge in [-0.1, -0.05) is 36.4 Å². The van der Waals surface area contributed by atoms with Crippen LogP contribution in [0.2, 0.25) is 0 Å². The zero-order valence-electron chi connectivity index (χ0n) is 18.8. The molecule has 0 N–H and O–H groups in total. The fourth-order valence-electron chi connectivity index (χ4n) is 3.56. The molecule has 2 aromatic rings. The van der Waals surface area contributed by atoms with Crippen molar-refractivity contribution in [1.82, 2.24) is 14.8 Å². The molecule has 172 valence electrons. The zero-order chi connectivity index (χ0) is 23.1. The molecule has 1 saturated heterocycles. The lowest BCUT2D eigenvalue weighted by atomic mass is 10.0. The molecule has 32 heavy (non-hydrogen) atoms. The molecule has 0 saturated carbocycles. The number of hydrogen-bond donors (Lipinski definition) is 0. The molecular formula is C24H30BrN3O4. The average Bonchev–Trinajstić information content (AvgIpc) is 2.94. The van der Waals surface area contributed by atoms with Crippen LogP contribution in [0.4, 0.5) is 9.59 Å². The van der Waals surface area contributed by atoms with E-state index in [2.05, 4.69) is 20.9 Å². The van der Waals surface area contributed by atoms with Gasteiger partial charge in [0.25, 0.3) is 0 Å². The van der Waals surface area contributed by atoms with Gasteiger partial charge < -0.3 is 19.3 Å². The first kappa shape index (κ1) is 24.0. The van der Waals surface area contributed by atoms with Gasteiger partial charge >= 0.3 is 12.2 Å². The highest BCUT2D eigenvalue weighted by molar-refractivity contribution is 9.10. The van der Waals surface area contributed by atoms with Crippen molar-refractivity contribution in [3.63, 3.8) is 0 Å². The molecule has 1 aliphatic rings. The van der Waals surface area contributed by atoms with Gasteiger partial charge in [-0.2, -0.15) is 0 Å². The van der Waals surface area contributed by atoms with Crippen molar-refractivity contribution >= 4 is 28.1 Å². The second-order valence-electron chi connectivity index (χ2n) is 8.93. The van der Waals surface area contributed by atoms with E-state index in [-0.39, 0.29) is 24.7 Å². The van der Waals surface area contributed by atoms with Gasteiger partial charge in [-0.05, 0) is 66.7 Å². The minimum atomic E-state index is -0.584. The summed E-state index contributed by atoms with van der Waals surface area (Å²) in [5.74, 6) is -0.00362. The van der Waals surface area contributed by atoms with Crippen LogP contribution in [-0.2, 0) is 22.5 Å². The lowest BCUT2D eigenvalue weighted by Gasteiger charge is -2.27. The summed E-state index contributed by atoms with van der Waals surface area (Å²) in [6, 6.07) is 15.3. The Morgan fingerprint density at radius 3 is 2.28 bits per heavy atom. The third-order valence-electron chi connectivity index (χ3n) is 4.98. The maximum absolute atomic E-state index is 12.8. The standard InChI is InChI=1S/C24H30BrN3O4/c1-24(2,3)32-23(30)28-13-12-27(22(29)31-17-18-8-5-4-6-9-18)15-19(16-28)14-20-10-7-11-21(25)26-20/h4-11,19H,12-17H2,1-3H3. The number of carbonyl (C=O) groups is 2. The van der Waals surface area contributed by atoms with E-state index in [9.17, 15) is 9.59 Å². The summed E-state index contributed by atoms with van der Waals surface area (Å²) in [5, 5.41) is 0. The molecule has 8 heteroatoms. The highest BCUT2D eigenvalue weighted by atomic mass is 79.9. The summed E-state index contributed by atoms with van der Waals surface area (Å²) in [4.78, 5) is 33.5. The minimum Gasteiger partial charge on any atom is -0.445 e. The Labute approximate surface area is 197 Å². The van der Waals surface area contributed by atoms with E-state index in [0.717, 1.165) is 15.9 Å². The second kappa shape index (κ2) is 10.8. The summed E-state index contributed by atoms with van der Waals surface area (Å²) in [6.45, 7) is 7.47. The number of benzene rings is 1. The smallest absolute Gasteiger partial charge is 0.410 e. The zero-order valence-corrected chi connectivity index (χ0v) is 20.4. The molecule has 1 atom stereocenters. The lowest BCUT2D eigenvalue weighted by molar-refractivity contribution is 0.0238. The fraction of sp³-hybridized carbons (Fsp3) is 0.458. The van der Waals surface area contributed by atoms with Crippen LogP contribution in [0.15, 0.2) is 53.1 Å². The maximum atomic E-state index is 12.8. The third kappa shape index (κ3) is 7.51. The number of pyridine rings is 1. The molecule has 0 radical (unpaired) electrons. The number of carbonyl (C=O) groups excluding carboxylic acids is 2. The molecular weight excluding hydrogens is 474 g/mol. The Kier molecular flexibility index (Phi) is 8.12. The van der Waals surface area contributed by atoms with Crippen molar-refractivity contribution in [2.45, 2.75) is 39.4 Å². The van der Waals surface area contributed by atoms with Crippen LogP contribution in [0.5, 0.6) is 0 Å². The number of nitrogens with zero attached hydrogens (tertiary/aromatic N) is 3. The number of aromatic nitrogens is 1. The first-order valence-corrected chi connectivity index (χ1v) is 11.5. The van der Waals surface area contributed by atoms with E-state index in [1.165, 1.54) is 0 Å². The van der Waals surface area contributed by atoms with Crippen LogP contribution >= 0.6 is 15.9 Å². The number of halogens is 1. The van der Waals surface area contributed by atoms with Gasteiger partial charge in [0, 0.05) is 31.9 Å². The van der Waals surface area contributed by atoms with Crippen molar-refractivity contribution in [1.29, 1.82) is 0 Å². The molecule has 2 heterocycles. The first-order valence-electron chi connectivity index (χ1n) is 10.7. The third-order valence-corrected chi connectivity index (χ3v) is 5.42. The van der Waals surface area contributed by atoms with Crippen molar-refractivity contribution in [2.24, 2.45) is 5.92 Å². The summed E-state index contributed by atoms with van der Waals surface area (Å²) >= 11 is 3.41. The van der Waals surface area contributed by atoms with E-state index in [1.807, 2.05) is 69.3 Å². The van der Waals surface area contributed by atoms with Crippen molar-refractivity contribution in [3.05, 3.63) is 64.4 Å². The van der Waals surface area contributed by atoms with Gasteiger partial charge in [0.2, 0.25) is 0 Å². The normalized spacial score (nSPS) is 16.9. The molecule has 1 aromatic carbocycles. The fourth-order valence-corrected chi connectivity index (χ4v) is 3.94. The molecule has 1 aliphatic heterocycles. The number of ether oxygens (including phenoxy) is 2. The highest BCUT2D eigenvalue weighted by Crippen LogP contribution is 2.19. The van der Waals surface area contributed by atoms with Crippen LogP contribution in [0, 0.1) is 5.92 Å². The predicted molar refractivity (Wildman–Crippen MR) is 125 cm³/mol. The van der Waals surface area contributed by atoms with E-state index in [1.54, 1.807) is 9.80 Å². The largest absolute Gasteiger partial charge is 0.445 e. The molecule has 2 amide bonds. The summed E-state index contributed by atoms with van der Waals surface area (Å²) in [7, 11) is 0. The topological polar surface area (TPSA) is 72.0 Å². The van der Waals surface area contributed by atoms with E-state index >= 15 is 0 Å². The van der Waals surface area contributed by atoms with Gasteiger partial charge in [0.1, 0.15) is 16.8 Å². The average molecular weight is 504 g/mol. The van der Waals surface area contributed by atoms with Gasteiger partial charge in [0.15, 0.2) is 0 Å². The molecule has 1 aromatic heterocycles. The van der Waals surface area contributed by atoms with Gasteiger partial charge in [-0.3, -0.25) is 0 Å². The summed E-state index contributed by atoms with van der Waals surface area (Å²) in [5.41, 5.74) is 1.24. The Balaban J connectivity index is 1.71. The van der Waals surface area contributed by atoms with Crippen LogP contribution in [-0.4, -0.2) is 58.8 Å². The van der Waals surface area contributed by atoms with E-state index in [0.29, 0.717) is 32.6 Å². The minimum absolute atomic E-state index is 0.00362. The van der Waals surface area contributed by atoms with E-state index < -0.39 is 5.60 Å². The first-order chi connectivity index (χ1) is 15.2. The quantitative estimate of drug-likeness (QED) is 0.555. The number of rotatable bonds is 4. The molecule has 3 rings (SSSR count). The van der Waals surface area contributed by atoms with Gasteiger partial charge in [0.05, 0.1) is 0 Å². The number of amides is 2. The van der Waals surface area contributed by atoms with Crippen molar-refractivity contribution in [2.75, 3.05) is 26.2 Å². The highest BCUT2D eigenvalue weighted by Gasteiger charge is 2.31. The Bertz CT molecular complexity index is 917. The van der Waals surface area contributed by atoms with Crippen molar-refractivity contribution in [3.8, 4) is 0 Å². The molecule has 0 spiro atoms. The Morgan fingerprint density at radius 1 is 1.00 bits per heavy atom. The Hall–Kier alpha value is -2.61. The second-order valence-corrected chi connectivity index (χ2v) is 9.75. The van der Waals surface area contributed by atoms with Crippen LogP contribution in [0.25, 0.3) is 0 Å². The number of hydrogen-bond acceptors (Lipinski definition) is 5. The van der Waals surface area contributed by atoms with E-state index in [4.69, 9.17) is 9.47 Å². The maximum Gasteiger partial charge on any atom is 0.410 e. The van der Waals surface area contributed by atoms with Crippen LogP contribution in [0.3, 0.4) is 0 Å². The summed E-state index contributed by atoms with van der Waals surface area (Å²) in [6.07, 6.45) is -0.127. The monoisotopic (exact) mass is 503 g/mol. The van der Waals surface area contributed by atoms with Gasteiger partial charge in [-0.15, -0.1) is 0 Å². The molecule has 0 aliphatic carbocycles. The van der Waals surface area contributed by atoms with Crippen LogP contribution in [0.1, 0.15) is 32.0 Å². The lowest BCUT2D eigenvalue weighted by Crippen LogP contribution is -2.40.